The van der Waals surface area contributed by atoms with Crippen molar-refractivity contribution in [3.63, 3.8) is 0 Å². The highest BCUT2D eigenvalue weighted by Gasteiger charge is 2.42. The van der Waals surface area contributed by atoms with Gasteiger partial charge in [0.2, 0.25) is 0 Å². The molecule has 3 nitrogen and oxygen atoms in total. The van der Waals surface area contributed by atoms with Gasteiger partial charge in [0.1, 0.15) is 0 Å². The highest BCUT2D eigenvalue weighted by molar-refractivity contribution is 7.13. The molecule has 2 heterocycles. The maximum atomic E-state index is 5.05. The van der Waals surface area contributed by atoms with Crippen molar-refractivity contribution in [3.05, 3.63) is 11.1 Å². The standard InChI is InChI=1S/C19H31N3S/c1-19(2)7-3-4-14-12-15(5-6-16(14)19)17-13-23-18(21-17)22-10-8-20-9-11-22/h13-16,20H,3-12H2,1-2H3. The van der Waals surface area contributed by atoms with Gasteiger partial charge in [0, 0.05) is 37.5 Å². The van der Waals surface area contributed by atoms with Gasteiger partial charge in [-0.05, 0) is 42.9 Å². The molecule has 1 aliphatic heterocycles. The maximum absolute atomic E-state index is 5.05. The smallest absolute Gasteiger partial charge is 0.185 e. The lowest BCUT2D eigenvalue weighted by Crippen LogP contribution is -2.43. The molecule has 1 saturated heterocycles. The lowest BCUT2D eigenvalue weighted by atomic mass is 9.57. The van der Waals surface area contributed by atoms with Crippen molar-refractivity contribution in [2.75, 3.05) is 31.1 Å². The van der Waals surface area contributed by atoms with Crippen LogP contribution in [-0.4, -0.2) is 31.2 Å². The highest BCUT2D eigenvalue weighted by Crippen LogP contribution is 2.53. The fraction of sp³-hybridized carbons (Fsp3) is 0.842. The van der Waals surface area contributed by atoms with E-state index in [1.165, 1.54) is 49.4 Å². The van der Waals surface area contributed by atoms with Crippen LogP contribution in [0.1, 0.15) is 64.0 Å². The molecule has 2 saturated carbocycles. The average Bonchev–Trinajstić information content (AvgIpc) is 3.05. The lowest BCUT2D eigenvalue weighted by molar-refractivity contribution is 0.0327. The van der Waals surface area contributed by atoms with E-state index < -0.39 is 0 Å². The summed E-state index contributed by atoms with van der Waals surface area (Å²) in [7, 11) is 0. The number of nitrogens with one attached hydrogen (secondary N) is 1. The van der Waals surface area contributed by atoms with Crippen molar-refractivity contribution in [3.8, 4) is 0 Å². The number of hydrogen-bond acceptors (Lipinski definition) is 4. The minimum atomic E-state index is 0.571. The molecule has 0 aromatic carbocycles. The number of nitrogens with zero attached hydrogens (tertiary/aromatic N) is 2. The van der Waals surface area contributed by atoms with Gasteiger partial charge < -0.3 is 10.2 Å². The number of hydrogen-bond donors (Lipinski definition) is 1. The molecule has 1 aromatic heterocycles. The zero-order valence-electron chi connectivity index (χ0n) is 14.7. The molecule has 3 aliphatic rings. The summed E-state index contributed by atoms with van der Waals surface area (Å²) in [6.45, 7) is 9.42. The Morgan fingerprint density at radius 3 is 2.87 bits per heavy atom. The fourth-order valence-corrected chi connectivity index (χ4v) is 6.31. The van der Waals surface area contributed by atoms with E-state index in [1.54, 1.807) is 0 Å². The van der Waals surface area contributed by atoms with Gasteiger partial charge in [-0.25, -0.2) is 4.98 Å². The Bertz CT molecular complexity index is 532. The SMILES string of the molecule is CC1(C)CCCC2CC(c3csc(N4CCNCC4)n3)CCC21. The summed E-state index contributed by atoms with van der Waals surface area (Å²) in [6, 6.07) is 0. The molecule has 1 aromatic rings. The van der Waals surface area contributed by atoms with Crippen LogP contribution in [0.5, 0.6) is 0 Å². The van der Waals surface area contributed by atoms with E-state index in [-0.39, 0.29) is 0 Å². The Morgan fingerprint density at radius 2 is 2.04 bits per heavy atom. The topological polar surface area (TPSA) is 28.2 Å². The predicted octanol–water partition coefficient (Wildman–Crippen LogP) is 4.26. The van der Waals surface area contributed by atoms with Crippen LogP contribution in [0.25, 0.3) is 0 Å². The Balaban J connectivity index is 1.44. The first-order valence-corrected chi connectivity index (χ1v) is 10.4. The third-order valence-corrected chi connectivity index (χ3v) is 7.62. The second-order valence-corrected chi connectivity index (χ2v) is 9.39. The van der Waals surface area contributed by atoms with Crippen LogP contribution in [0.2, 0.25) is 0 Å². The second-order valence-electron chi connectivity index (χ2n) is 8.55. The van der Waals surface area contributed by atoms with E-state index in [1.807, 2.05) is 11.3 Å². The molecule has 3 fully saturated rings. The van der Waals surface area contributed by atoms with Gasteiger partial charge in [0.15, 0.2) is 5.13 Å². The first kappa shape index (κ1) is 15.9. The van der Waals surface area contributed by atoms with Crippen molar-refractivity contribution in [1.29, 1.82) is 0 Å². The minimum absolute atomic E-state index is 0.571. The van der Waals surface area contributed by atoms with E-state index in [9.17, 15) is 0 Å². The van der Waals surface area contributed by atoms with E-state index in [4.69, 9.17) is 4.98 Å². The molecule has 0 radical (unpaired) electrons. The molecule has 4 rings (SSSR count). The van der Waals surface area contributed by atoms with Gasteiger partial charge in [-0.2, -0.15) is 0 Å². The van der Waals surface area contributed by atoms with Gasteiger partial charge in [-0.1, -0.05) is 26.7 Å². The summed E-state index contributed by atoms with van der Waals surface area (Å²) in [5.74, 6) is 2.62. The van der Waals surface area contributed by atoms with Gasteiger partial charge in [0.25, 0.3) is 0 Å². The first-order chi connectivity index (χ1) is 11.1. The van der Waals surface area contributed by atoms with Gasteiger partial charge in [-0.3, -0.25) is 0 Å². The zero-order valence-corrected chi connectivity index (χ0v) is 15.5. The fourth-order valence-electron chi connectivity index (χ4n) is 5.35. The number of fused-ring (bicyclic) bond motifs is 1. The molecule has 3 atom stereocenters. The summed E-state index contributed by atoms with van der Waals surface area (Å²) >= 11 is 1.87. The van der Waals surface area contributed by atoms with E-state index in [0.717, 1.165) is 43.9 Å². The van der Waals surface area contributed by atoms with Crippen LogP contribution in [0.4, 0.5) is 5.13 Å². The van der Waals surface area contributed by atoms with Crippen molar-refractivity contribution in [1.82, 2.24) is 10.3 Å². The van der Waals surface area contributed by atoms with Crippen LogP contribution >= 0.6 is 11.3 Å². The number of aromatic nitrogens is 1. The Labute approximate surface area is 144 Å². The summed E-state index contributed by atoms with van der Waals surface area (Å²) in [5.41, 5.74) is 1.97. The quantitative estimate of drug-likeness (QED) is 0.876. The number of anilines is 1. The van der Waals surface area contributed by atoms with Crippen molar-refractivity contribution in [2.24, 2.45) is 17.3 Å². The Morgan fingerprint density at radius 1 is 1.22 bits per heavy atom. The van der Waals surface area contributed by atoms with Gasteiger partial charge in [0.05, 0.1) is 5.69 Å². The van der Waals surface area contributed by atoms with Gasteiger partial charge in [-0.15, -0.1) is 11.3 Å². The van der Waals surface area contributed by atoms with Crippen molar-refractivity contribution >= 4 is 16.5 Å². The molecular weight excluding hydrogens is 302 g/mol. The first-order valence-electron chi connectivity index (χ1n) is 9.54. The monoisotopic (exact) mass is 333 g/mol. The largest absolute Gasteiger partial charge is 0.346 e. The van der Waals surface area contributed by atoms with Crippen LogP contribution in [-0.2, 0) is 0 Å². The summed E-state index contributed by atoms with van der Waals surface area (Å²) < 4.78 is 0. The maximum Gasteiger partial charge on any atom is 0.185 e. The Hall–Kier alpha value is -0.610. The number of rotatable bonds is 2. The molecule has 128 valence electrons. The second kappa shape index (κ2) is 6.36. The normalized spacial score (nSPS) is 34.2. The van der Waals surface area contributed by atoms with Crippen molar-refractivity contribution in [2.45, 2.75) is 58.3 Å². The zero-order chi connectivity index (χ0) is 15.9. The summed E-state index contributed by atoms with van der Waals surface area (Å²) in [5, 5.41) is 7.04. The Kier molecular flexibility index (Phi) is 4.39. The molecule has 23 heavy (non-hydrogen) atoms. The molecular formula is C19H31N3S. The molecule has 0 bridgehead atoms. The summed E-state index contributed by atoms with van der Waals surface area (Å²) in [6.07, 6.45) is 8.49. The van der Waals surface area contributed by atoms with Crippen LogP contribution in [0.15, 0.2) is 5.38 Å². The molecule has 0 amide bonds. The molecule has 4 heteroatoms. The average molecular weight is 334 g/mol. The van der Waals surface area contributed by atoms with Crippen molar-refractivity contribution < 1.29 is 0 Å². The third-order valence-electron chi connectivity index (χ3n) is 6.70. The van der Waals surface area contributed by atoms with Crippen LogP contribution in [0.3, 0.4) is 0 Å². The van der Waals surface area contributed by atoms with E-state index in [0.29, 0.717) is 5.41 Å². The predicted molar refractivity (Wildman–Crippen MR) is 98.4 cm³/mol. The minimum Gasteiger partial charge on any atom is -0.346 e. The number of thiazole rings is 1. The van der Waals surface area contributed by atoms with Crippen LogP contribution in [0, 0.1) is 17.3 Å². The third kappa shape index (κ3) is 3.17. The molecule has 0 spiro atoms. The molecule has 2 aliphatic carbocycles. The van der Waals surface area contributed by atoms with Gasteiger partial charge >= 0.3 is 0 Å². The summed E-state index contributed by atoms with van der Waals surface area (Å²) in [4.78, 5) is 7.51. The highest BCUT2D eigenvalue weighted by atomic mass is 32.1. The molecule has 3 unspecified atom stereocenters. The molecule has 1 N–H and O–H groups in total. The lowest BCUT2D eigenvalue weighted by Gasteiger charge is -2.48. The van der Waals surface area contributed by atoms with E-state index in [2.05, 4.69) is 29.4 Å². The van der Waals surface area contributed by atoms with Crippen LogP contribution < -0.4 is 10.2 Å². The number of piperazine rings is 1. The van der Waals surface area contributed by atoms with E-state index >= 15 is 0 Å².